The number of nitrogens with zero attached hydrogens (tertiary/aromatic N) is 3. The molecule has 0 saturated carbocycles. The number of methoxy groups -OCH3 is 1. The van der Waals surface area contributed by atoms with Crippen LogP contribution in [0.3, 0.4) is 0 Å². The van der Waals surface area contributed by atoms with Gasteiger partial charge in [-0.15, -0.1) is 0 Å². The van der Waals surface area contributed by atoms with Crippen LogP contribution in [0.4, 0.5) is 5.95 Å². The van der Waals surface area contributed by atoms with Gasteiger partial charge in [0.25, 0.3) is 0 Å². The van der Waals surface area contributed by atoms with Crippen molar-refractivity contribution in [3.63, 3.8) is 0 Å². The van der Waals surface area contributed by atoms with Gasteiger partial charge in [-0.3, -0.25) is 4.79 Å². The molecule has 1 aliphatic rings. The second kappa shape index (κ2) is 6.36. The summed E-state index contributed by atoms with van der Waals surface area (Å²) in [4.78, 5) is 22.4. The molecule has 1 aromatic rings. The lowest BCUT2D eigenvalue weighted by Gasteiger charge is -2.31. The molecule has 2 heterocycles. The van der Waals surface area contributed by atoms with Gasteiger partial charge in [0.05, 0.1) is 7.11 Å². The Balaban J connectivity index is 1.94. The largest absolute Gasteiger partial charge is 0.481 e. The molecule has 1 amide bonds. The number of nitrogens with one attached hydrogen (secondary N) is 1. The lowest BCUT2D eigenvalue weighted by Crippen LogP contribution is -2.41. The second-order valence-corrected chi connectivity index (χ2v) is 4.55. The Morgan fingerprint density at radius 3 is 2.89 bits per heavy atom. The molecule has 0 radical (unpaired) electrons. The zero-order valence-corrected chi connectivity index (χ0v) is 11.4. The van der Waals surface area contributed by atoms with Crippen LogP contribution in [0.2, 0.25) is 0 Å². The topological polar surface area (TPSA) is 67.4 Å². The fourth-order valence-corrected chi connectivity index (χ4v) is 2.26. The maximum Gasteiger partial charge on any atom is 0.228 e. The Morgan fingerprint density at radius 2 is 2.26 bits per heavy atom. The first-order valence-corrected chi connectivity index (χ1v) is 6.64. The van der Waals surface area contributed by atoms with E-state index in [1.54, 1.807) is 19.4 Å². The first-order valence-electron chi connectivity index (χ1n) is 6.64. The molecule has 1 aromatic heterocycles. The summed E-state index contributed by atoms with van der Waals surface area (Å²) in [6, 6.07) is 1.73. The van der Waals surface area contributed by atoms with Crippen LogP contribution in [0.1, 0.15) is 19.8 Å². The van der Waals surface area contributed by atoms with Crippen LogP contribution >= 0.6 is 0 Å². The summed E-state index contributed by atoms with van der Waals surface area (Å²) in [7, 11) is 1.59. The van der Waals surface area contributed by atoms with Crippen LogP contribution in [-0.2, 0) is 4.79 Å². The van der Waals surface area contributed by atoms with Gasteiger partial charge < -0.3 is 15.0 Å². The molecule has 1 fully saturated rings. The van der Waals surface area contributed by atoms with Gasteiger partial charge in [0.2, 0.25) is 17.7 Å². The van der Waals surface area contributed by atoms with Crippen LogP contribution < -0.4 is 15.0 Å². The molecule has 0 atom stereocenters. The normalized spacial score (nSPS) is 16.2. The Bertz CT molecular complexity index is 430. The molecule has 2 rings (SSSR count). The van der Waals surface area contributed by atoms with Crippen molar-refractivity contribution in [3.8, 4) is 5.88 Å². The maximum absolute atomic E-state index is 11.8. The van der Waals surface area contributed by atoms with Crippen LogP contribution in [0.15, 0.2) is 12.3 Å². The van der Waals surface area contributed by atoms with Gasteiger partial charge in [-0.1, -0.05) is 0 Å². The van der Waals surface area contributed by atoms with E-state index < -0.39 is 0 Å². The van der Waals surface area contributed by atoms with Gasteiger partial charge in [-0.2, -0.15) is 4.98 Å². The lowest BCUT2D eigenvalue weighted by molar-refractivity contribution is -0.125. The van der Waals surface area contributed by atoms with Gasteiger partial charge in [-0.25, -0.2) is 4.98 Å². The molecule has 1 N–H and O–H groups in total. The van der Waals surface area contributed by atoms with Gasteiger partial charge in [-0.05, 0) is 19.8 Å². The van der Waals surface area contributed by atoms with Gasteiger partial charge in [0.1, 0.15) is 0 Å². The molecule has 6 heteroatoms. The van der Waals surface area contributed by atoms with Gasteiger partial charge in [0, 0.05) is 37.8 Å². The predicted molar refractivity (Wildman–Crippen MR) is 72.2 cm³/mol. The summed E-state index contributed by atoms with van der Waals surface area (Å²) >= 11 is 0. The monoisotopic (exact) mass is 264 g/mol. The molecule has 0 aromatic carbocycles. The van der Waals surface area contributed by atoms with Gasteiger partial charge in [0.15, 0.2) is 0 Å². The molecular weight excluding hydrogens is 244 g/mol. The number of aromatic nitrogens is 2. The fraction of sp³-hybridized carbons (Fsp3) is 0.615. The molecule has 0 unspecified atom stereocenters. The smallest absolute Gasteiger partial charge is 0.228 e. The van der Waals surface area contributed by atoms with E-state index in [9.17, 15) is 4.79 Å². The summed E-state index contributed by atoms with van der Waals surface area (Å²) in [6.45, 7) is 4.24. The minimum absolute atomic E-state index is 0.113. The zero-order valence-electron chi connectivity index (χ0n) is 11.4. The van der Waals surface area contributed by atoms with Crippen LogP contribution in [-0.4, -0.2) is 42.6 Å². The van der Waals surface area contributed by atoms with Crippen molar-refractivity contribution < 1.29 is 9.53 Å². The minimum atomic E-state index is 0.113. The molecular formula is C13H20N4O2. The summed E-state index contributed by atoms with van der Waals surface area (Å²) < 4.78 is 5.10. The highest BCUT2D eigenvalue weighted by molar-refractivity contribution is 5.78. The summed E-state index contributed by atoms with van der Waals surface area (Å²) in [5.74, 6) is 1.51. The van der Waals surface area contributed by atoms with E-state index in [0.29, 0.717) is 18.4 Å². The molecule has 1 saturated heterocycles. The highest BCUT2D eigenvalue weighted by Gasteiger charge is 2.25. The van der Waals surface area contributed by atoms with E-state index >= 15 is 0 Å². The Labute approximate surface area is 113 Å². The van der Waals surface area contributed by atoms with Crippen LogP contribution in [0, 0.1) is 5.92 Å². The number of amides is 1. The fourth-order valence-electron chi connectivity index (χ4n) is 2.26. The Kier molecular flexibility index (Phi) is 4.54. The highest BCUT2D eigenvalue weighted by atomic mass is 16.5. The molecule has 1 aliphatic heterocycles. The molecule has 104 valence electrons. The van der Waals surface area contributed by atoms with Crippen molar-refractivity contribution >= 4 is 11.9 Å². The molecule has 6 nitrogen and oxygen atoms in total. The Morgan fingerprint density at radius 1 is 1.53 bits per heavy atom. The first kappa shape index (κ1) is 13.6. The SMILES string of the molecule is CCNC(=O)C1CCN(c2nccc(OC)n2)CC1. The Hall–Kier alpha value is -1.85. The average molecular weight is 264 g/mol. The number of carbonyl (C=O) groups excluding carboxylic acids is 1. The van der Waals surface area contributed by atoms with E-state index in [1.807, 2.05) is 6.92 Å². The van der Waals surface area contributed by atoms with Crippen LogP contribution in [0.25, 0.3) is 0 Å². The van der Waals surface area contributed by atoms with Crippen molar-refractivity contribution in [2.75, 3.05) is 31.6 Å². The van der Waals surface area contributed by atoms with Crippen LogP contribution in [0.5, 0.6) is 5.88 Å². The molecule has 19 heavy (non-hydrogen) atoms. The third-order valence-corrected chi connectivity index (χ3v) is 3.33. The second-order valence-electron chi connectivity index (χ2n) is 4.55. The number of ether oxygens (including phenoxy) is 1. The van der Waals surface area contributed by atoms with Crippen molar-refractivity contribution in [2.45, 2.75) is 19.8 Å². The van der Waals surface area contributed by atoms with E-state index in [0.717, 1.165) is 25.9 Å². The summed E-state index contributed by atoms with van der Waals surface area (Å²) in [5, 5.41) is 2.88. The number of hydrogen-bond donors (Lipinski definition) is 1. The molecule has 0 spiro atoms. The summed E-state index contributed by atoms with van der Waals surface area (Å²) in [6.07, 6.45) is 3.37. The summed E-state index contributed by atoms with van der Waals surface area (Å²) in [5.41, 5.74) is 0. The number of carbonyl (C=O) groups is 1. The van der Waals surface area contributed by atoms with Crippen molar-refractivity contribution in [3.05, 3.63) is 12.3 Å². The van der Waals surface area contributed by atoms with E-state index in [1.165, 1.54) is 0 Å². The standard InChI is InChI=1S/C13H20N4O2/c1-3-14-12(18)10-5-8-17(9-6-10)13-15-7-4-11(16-13)19-2/h4,7,10H,3,5-6,8-9H2,1-2H3,(H,14,18). The van der Waals surface area contributed by atoms with Crippen molar-refractivity contribution in [1.29, 1.82) is 0 Å². The molecule has 0 aliphatic carbocycles. The van der Waals surface area contributed by atoms with Crippen molar-refractivity contribution in [1.82, 2.24) is 15.3 Å². The predicted octanol–water partition coefficient (Wildman–Crippen LogP) is 0.838. The highest BCUT2D eigenvalue weighted by Crippen LogP contribution is 2.21. The third-order valence-electron chi connectivity index (χ3n) is 3.33. The third kappa shape index (κ3) is 3.33. The van der Waals surface area contributed by atoms with E-state index in [-0.39, 0.29) is 11.8 Å². The number of rotatable bonds is 4. The number of anilines is 1. The molecule has 0 bridgehead atoms. The van der Waals surface area contributed by atoms with E-state index in [4.69, 9.17) is 4.74 Å². The quantitative estimate of drug-likeness (QED) is 0.872. The minimum Gasteiger partial charge on any atom is -0.481 e. The zero-order chi connectivity index (χ0) is 13.7. The first-order chi connectivity index (χ1) is 9.24. The maximum atomic E-state index is 11.8. The average Bonchev–Trinajstić information content (AvgIpc) is 2.48. The number of piperidine rings is 1. The number of hydrogen-bond acceptors (Lipinski definition) is 5. The van der Waals surface area contributed by atoms with E-state index in [2.05, 4.69) is 20.2 Å². The van der Waals surface area contributed by atoms with Crippen molar-refractivity contribution in [2.24, 2.45) is 5.92 Å². The lowest BCUT2D eigenvalue weighted by atomic mass is 9.96. The van der Waals surface area contributed by atoms with Gasteiger partial charge >= 0.3 is 0 Å².